The fourth-order valence-corrected chi connectivity index (χ4v) is 3.70. The third-order valence-corrected chi connectivity index (χ3v) is 5.02. The smallest absolute Gasteiger partial charge is 0.240 e. The summed E-state index contributed by atoms with van der Waals surface area (Å²) in [5.41, 5.74) is 0.319. The van der Waals surface area contributed by atoms with Crippen LogP contribution in [0, 0.1) is 5.41 Å². The highest BCUT2D eigenvalue weighted by molar-refractivity contribution is 6.08. The first-order valence-electron chi connectivity index (χ1n) is 8.29. The monoisotopic (exact) mass is 330 g/mol. The maximum absolute atomic E-state index is 12.6. The van der Waals surface area contributed by atoms with Crippen molar-refractivity contribution in [3.8, 4) is 5.75 Å². The van der Waals surface area contributed by atoms with Crippen LogP contribution in [0.1, 0.15) is 37.7 Å². The highest BCUT2D eigenvalue weighted by Crippen LogP contribution is 2.46. The van der Waals surface area contributed by atoms with E-state index in [1.165, 1.54) is 0 Å². The Bertz CT molecular complexity index is 665. The summed E-state index contributed by atoms with van der Waals surface area (Å²) in [5.74, 6) is -0.0412. The van der Waals surface area contributed by atoms with Crippen molar-refractivity contribution in [1.82, 2.24) is 10.2 Å². The van der Waals surface area contributed by atoms with Gasteiger partial charge in [0.15, 0.2) is 0 Å². The lowest BCUT2D eigenvalue weighted by Gasteiger charge is -2.20. The van der Waals surface area contributed by atoms with Crippen LogP contribution in [0.15, 0.2) is 24.3 Å². The van der Waals surface area contributed by atoms with Crippen LogP contribution < -0.4 is 10.1 Å². The number of hydrogen-bond acceptors (Lipinski definition) is 4. The Hall–Kier alpha value is -2.37. The molecule has 1 saturated heterocycles. The molecule has 6 heteroatoms. The van der Waals surface area contributed by atoms with Crippen LogP contribution in [0.5, 0.6) is 5.75 Å². The molecule has 0 unspecified atom stereocenters. The zero-order valence-electron chi connectivity index (χ0n) is 13.8. The minimum Gasteiger partial charge on any atom is -0.496 e. The van der Waals surface area contributed by atoms with Crippen LogP contribution in [0.4, 0.5) is 0 Å². The Morgan fingerprint density at radius 2 is 1.96 bits per heavy atom. The molecule has 1 saturated carbocycles. The number of likely N-dealkylation sites (tertiary alicyclic amines) is 1. The zero-order valence-corrected chi connectivity index (χ0v) is 13.8. The van der Waals surface area contributed by atoms with Gasteiger partial charge in [-0.05, 0) is 18.9 Å². The van der Waals surface area contributed by atoms with Gasteiger partial charge in [0.1, 0.15) is 12.3 Å². The largest absolute Gasteiger partial charge is 0.496 e. The SMILES string of the molecule is COc1ccccc1CNC(=O)CN1C(=O)CC2(CCCC2)C1=O. The fraction of sp³-hybridized carbons (Fsp3) is 0.500. The summed E-state index contributed by atoms with van der Waals surface area (Å²) in [4.78, 5) is 38.0. The lowest BCUT2D eigenvalue weighted by atomic mass is 9.84. The minimum atomic E-state index is -0.528. The van der Waals surface area contributed by atoms with Gasteiger partial charge in [0.05, 0.1) is 12.5 Å². The Labute approximate surface area is 141 Å². The van der Waals surface area contributed by atoms with Crippen molar-refractivity contribution >= 4 is 17.7 Å². The summed E-state index contributed by atoms with van der Waals surface area (Å²) >= 11 is 0. The van der Waals surface area contributed by atoms with Gasteiger partial charge >= 0.3 is 0 Å². The summed E-state index contributed by atoms with van der Waals surface area (Å²) in [7, 11) is 1.57. The molecule has 128 valence electrons. The van der Waals surface area contributed by atoms with Gasteiger partial charge < -0.3 is 10.1 Å². The first-order valence-corrected chi connectivity index (χ1v) is 8.29. The molecular weight excluding hydrogens is 308 g/mol. The van der Waals surface area contributed by atoms with Gasteiger partial charge in [-0.2, -0.15) is 0 Å². The predicted molar refractivity (Wildman–Crippen MR) is 87.1 cm³/mol. The lowest BCUT2D eigenvalue weighted by Crippen LogP contribution is -2.42. The number of para-hydroxylation sites is 1. The van der Waals surface area contributed by atoms with Crippen molar-refractivity contribution in [3.05, 3.63) is 29.8 Å². The number of nitrogens with zero attached hydrogens (tertiary/aromatic N) is 1. The molecule has 3 amide bonds. The van der Waals surface area contributed by atoms with E-state index in [1.54, 1.807) is 7.11 Å². The number of carbonyl (C=O) groups is 3. The Balaban J connectivity index is 1.59. The number of hydrogen-bond donors (Lipinski definition) is 1. The van der Waals surface area contributed by atoms with Crippen molar-refractivity contribution in [2.75, 3.05) is 13.7 Å². The third-order valence-electron chi connectivity index (χ3n) is 5.02. The number of imide groups is 1. The van der Waals surface area contributed by atoms with E-state index in [1.807, 2.05) is 24.3 Å². The molecule has 0 radical (unpaired) electrons. The number of methoxy groups -OCH3 is 1. The molecule has 2 aliphatic rings. The highest BCUT2D eigenvalue weighted by atomic mass is 16.5. The zero-order chi connectivity index (χ0) is 17.2. The molecule has 1 aliphatic carbocycles. The summed E-state index contributed by atoms with van der Waals surface area (Å²) < 4.78 is 5.24. The maximum Gasteiger partial charge on any atom is 0.240 e. The standard InChI is InChI=1S/C18H22N2O4/c1-24-14-7-3-2-6-13(14)11-19-15(21)12-20-16(22)10-18(17(20)23)8-4-5-9-18/h2-3,6-7H,4-5,8-12H2,1H3,(H,19,21). The fourth-order valence-electron chi connectivity index (χ4n) is 3.70. The van der Waals surface area contributed by atoms with Gasteiger partial charge in [-0.1, -0.05) is 31.0 Å². The van der Waals surface area contributed by atoms with E-state index in [0.717, 1.165) is 36.1 Å². The van der Waals surface area contributed by atoms with Crippen molar-refractivity contribution in [2.24, 2.45) is 5.41 Å². The van der Waals surface area contributed by atoms with E-state index >= 15 is 0 Å². The number of carbonyl (C=O) groups excluding carboxylic acids is 3. The van der Waals surface area contributed by atoms with Crippen LogP contribution in [0.2, 0.25) is 0 Å². The molecule has 1 aromatic carbocycles. The van der Waals surface area contributed by atoms with Gasteiger partial charge in [0.25, 0.3) is 0 Å². The topological polar surface area (TPSA) is 75.7 Å². The molecule has 0 aromatic heterocycles. The van der Waals surface area contributed by atoms with E-state index in [4.69, 9.17) is 4.74 Å². The third kappa shape index (κ3) is 3.00. The van der Waals surface area contributed by atoms with E-state index in [-0.39, 0.29) is 30.7 Å². The number of rotatable bonds is 5. The Kier molecular flexibility index (Phi) is 4.55. The first kappa shape index (κ1) is 16.5. The number of nitrogens with one attached hydrogen (secondary N) is 1. The molecular formula is C18H22N2O4. The van der Waals surface area contributed by atoms with Gasteiger partial charge in [0.2, 0.25) is 17.7 Å². The van der Waals surface area contributed by atoms with Gasteiger partial charge in [-0.15, -0.1) is 0 Å². The normalized spacial score (nSPS) is 19.1. The summed E-state index contributed by atoms with van der Waals surface area (Å²) in [6.07, 6.45) is 3.74. The average molecular weight is 330 g/mol. The Morgan fingerprint density at radius 3 is 2.67 bits per heavy atom. The molecule has 1 aliphatic heterocycles. The van der Waals surface area contributed by atoms with Gasteiger partial charge in [-0.25, -0.2) is 0 Å². The van der Waals surface area contributed by atoms with E-state index in [2.05, 4.69) is 5.32 Å². The van der Waals surface area contributed by atoms with Gasteiger partial charge in [0, 0.05) is 18.5 Å². The predicted octanol–water partition coefficient (Wildman–Crippen LogP) is 1.63. The number of benzene rings is 1. The second kappa shape index (κ2) is 6.63. The van der Waals surface area contributed by atoms with Crippen molar-refractivity contribution < 1.29 is 19.1 Å². The van der Waals surface area contributed by atoms with E-state index in [0.29, 0.717) is 12.3 Å². The number of amides is 3. The second-order valence-corrected chi connectivity index (χ2v) is 6.54. The van der Waals surface area contributed by atoms with E-state index < -0.39 is 5.41 Å². The van der Waals surface area contributed by atoms with Crippen molar-refractivity contribution in [3.63, 3.8) is 0 Å². The van der Waals surface area contributed by atoms with E-state index in [9.17, 15) is 14.4 Å². The van der Waals surface area contributed by atoms with Crippen LogP contribution in [0.25, 0.3) is 0 Å². The molecule has 2 fully saturated rings. The first-order chi connectivity index (χ1) is 11.6. The van der Waals surface area contributed by atoms with Crippen LogP contribution in [-0.4, -0.2) is 36.3 Å². The molecule has 0 atom stereocenters. The number of ether oxygens (including phenoxy) is 1. The maximum atomic E-state index is 12.6. The highest BCUT2D eigenvalue weighted by Gasteiger charge is 2.52. The quantitative estimate of drug-likeness (QED) is 0.833. The summed E-state index contributed by atoms with van der Waals surface area (Å²) in [5, 5.41) is 2.76. The molecule has 6 nitrogen and oxygen atoms in total. The molecule has 0 bridgehead atoms. The lowest BCUT2D eigenvalue weighted by molar-refractivity contribution is -0.144. The summed E-state index contributed by atoms with van der Waals surface area (Å²) in [6.45, 7) is 0.0960. The van der Waals surface area contributed by atoms with Crippen LogP contribution in [0.3, 0.4) is 0 Å². The summed E-state index contributed by atoms with van der Waals surface area (Å²) in [6, 6.07) is 7.39. The molecule has 1 heterocycles. The minimum absolute atomic E-state index is 0.169. The van der Waals surface area contributed by atoms with Crippen LogP contribution >= 0.6 is 0 Å². The van der Waals surface area contributed by atoms with Crippen molar-refractivity contribution in [2.45, 2.75) is 38.6 Å². The molecule has 1 aromatic rings. The van der Waals surface area contributed by atoms with Crippen molar-refractivity contribution in [1.29, 1.82) is 0 Å². The molecule has 3 rings (SSSR count). The second-order valence-electron chi connectivity index (χ2n) is 6.54. The van der Waals surface area contributed by atoms with Gasteiger partial charge in [-0.3, -0.25) is 19.3 Å². The molecule has 1 spiro atoms. The molecule has 1 N–H and O–H groups in total. The van der Waals surface area contributed by atoms with Crippen LogP contribution in [-0.2, 0) is 20.9 Å². The Morgan fingerprint density at radius 1 is 1.25 bits per heavy atom. The molecule has 24 heavy (non-hydrogen) atoms. The average Bonchev–Trinajstić information content (AvgIpc) is 3.14.